The van der Waals surface area contributed by atoms with E-state index in [1.807, 2.05) is 13.8 Å². The fraction of sp³-hybridized carbons (Fsp3) is 0.750. The molecule has 110 valence electrons. The Bertz CT molecular complexity index is 399. The highest BCUT2D eigenvalue weighted by Crippen LogP contribution is 2.23. The summed E-state index contributed by atoms with van der Waals surface area (Å²) in [5.41, 5.74) is 1.65. The number of aryl methyl sites for hydroxylation is 2. The van der Waals surface area contributed by atoms with Gasteiger partial charge in [-0.1, -0.05) is 34.5 Å². The second-order valence-corrected chi connectivity index (χ2v) is 5.36. The summed E-state index contributed by atoms with van der Waals surface area (Å²) in [6.07, 6.45) is -1.60. The van der Waals surface area contributed by atoms with Crippen molar-refractivity contribution in [2.45, 2.75) is 39.8 Å². The van der Waals surface area contributed by atoms with Gasteiger partial charge in [0, 0.05) is 25.0 Å². The Labute approximate surface area is 126 Å². The zero-order chi connectivity index (χ0) is 14.4. The molecule has 1 heterocycles. The lowest BCUT2D eigenvalue weighted by molar-refractivity contribution is 0.0868. The number of nitrogens with zero attached hydrogens (tertiary/aromatic N) is 3. The maximum absolute atomic E-state index is 12.6. The minimum Gasteiger partial charge on any atom is -0.291 e. The van der Waals surface area contributed by atoms with Crippen molar-refractivity contribution >= 4 is 27.5 Å². The van der Waals surface area contributed by atoms with Crippen LogP contribution in [0.4, 0.5) is 8.78 Å². The Hall–Kier alpha value is -0.200. The second kappa shape index (κ2) is 8.17. The first kappa shape index (κ1) is 16.9. The van der Waals surface area contributed by atoms with Crippen molar-refractivity contribution in [3.63, 3.8) is 0 Å². The molecule has 3 nitrogen and oxygen atoms in total. The van der Waals surface area contributed by atoms with Crippen LogP contribution in [0.5, 0.6) is 0 Å². The SMILES string of the molecule is CCc1nn(CC)c(CN(CCBr)CC(F)F)c1Cl. The summed E-state index contributed by atoms with van der Waals surface area (Å²) in [6, 6.07) is 0. The third kappa shape index (κ3) is 4.68. The van der Waals surface area contributed by atoms with Gasteiger partial charge in [0.1, 0.15) is 0 Å². The van der Waals surface area contributed by atoms with Crippen LogP contribution in [0.3, 0.4) is 0 Å². The molecule has 0 aliphatic carbocycles. The maximum atomic E-state index is 12.6. The van der Waals surface area contributed by atoms with Crippen molar-refractivity contribution in [2.75, 3.05) is 18.4 Å². The van der Waals surface area contributed by atoms with Gasteiger partial charge in [-0.2, -0.15) is 5.10 Å². The number of hydrogen-bond donors (Lipinski definition) is 0. The zero-order valence-corrected chi connectivity index (χ0v) is 13.5. The molecule has 0 aromatic carbocycles. The summed E-state index contributed by atoms with van der Waals surface area (Å²) < 4.78 is 26.9. The van der Waals surface area contributed by atoms with Crippen molar-refractivity contribution in [1.29, 1.82) is 0 Å². The molecular formula is C12H19BrClF2N3. The van der Waals surface area contributed by atoms with E-state index in [-0.39, 0.29) is 6.54 Å². The minimum atomic E-state index is -2.35. The molecule has 0 saturated heterocycles. The van der Waals surface area contributed by atoms with Gasteiger partial charge in [0.05, 0.1) is 23.0 Å². The molecule has 0 N–H and O–H groups in total. The highest BCUT2D eigenvalue weighted by Gasteiger charge is 2.19. The Morgan fingerprint density at radius 3 is 2.58 bits per heavy atom. The fourth-order valence-corrected chi connectivity index (χ4v) is 2.76. The van der Waals surface area contributed by atoms with E-state index in [2.05, 4.69) is 21.0 Å². The molecule has 0 radical (unpaired) electrons. The van der Waals surface area contributed by atoms with Gasteiger partial charge in [0.15, 0.2) is 0 Å². The van der Waals surface area contributed by atoms with Crippen molar-refractivity contribution < 1.29 is 8.78 Å². The van der Waals surface area contributed by atoms with Crippen LogP contribution >= 0.6 is 27.5 Å². The van der Waals surface area contributed by atoms with Crippen molar-refractivity contribution in [2.24, 2.45) is 0 Å². The number of hydrogen-bond acceptors (Lipinski definition) is 2. The average Bonchev–Trinajstić information content (AvgIpc) is 2.66. The largest absolute Gasteiger partial charge is 0.291 e. The molecule has 7 heteroatoms. The second-order valence-electron chi connectivity index (χ2n) is 4.19. The predicted molar refractivity (Wildman–Crippen MR) is 77.4 cm³/mol. The van der Waals surface area contributed by atoms with Crippen molar-refractivity contribution in [3.05, 3.63) is 16.4 Å². The van der Waals surface area contributed by atoms with Gasteiger partial charge >= 0.3 is 0 Å². The molecule has 0 saturated carbocycles. The Balaban J connectivity index is 2.91. The van der Waals surface area contributed by atoms with Gasteiger partial charge in [0.25, 0.3) is 6.43 Å². The molecule has 1 aromatic rings. The van der Waals surface area contributed by atoms with Gasteiger partial charge in [-0.15, -0.1) is 0 Å². The monoisotopic (exact) mass is 357 g/mol. The molecule has 0 fully saturated rings. The summed E-state index contributed by atoms with van der Waals surface area (Å²) in [5, 5.41) is 5.66. The van der Waals surface area contributed by atoms with Gasteiger partial charge in [-0.25, -0.2) is 8.78 Å². The maximum Gasteiger partial charge on any atom is 0.251 e. The molecule has 1 aromatic heterocycles. The normalized spacial score (nSPS) is 11.8. The van der Waals surface area contributed by atoms with E-state index in [1.54, 1.807) is 9.58 Å². The Morgan fingerprint density at radius 1 is 1.42 bits per heavy atom. The summed E-state index contributed by atoms with van der Waals surface area (Å²) in [5.74, 6) is 0. The molecule has 1 rings (SSSR count). The highest BCUT2D eigenvalue weighted by atomic mass is 79.9. The molecule has 0 amide bonds. The van der Waals surface area contributed by atoms with Crippen LogP contribution in [0.25, 0.3) is 0 Å². The topological polar surface area (TPSA) is 21.1 Å². The van der Waals surface area contributed by atoms with Crippen LogP contribution < -0.4 is 0 Å². The summed E-state index contributed by atoms with van der Waals surface area (Å²) in [6.45, 7) is 5.33. The average molecular weight is 359 g/mol. The van der Waals surface area contributed by atoms with E-state index >= 15 is 0 Å². The number of alkyl halides is 3. The molecule has 0 unspecified atom stereocenters. The highest BCUT2D eigenvalue weighted by molar-refractivity contribution is 9.09. The molecule has 0 atom stereocenters. The van der Waals surface area contributed by atoms with Gasteiger partial charge in [0.2, 0.25) is 0 Å². The van der Waals surface area contributed by atoms with Crippen molar-refractivity contribution in [1.82, 2.24) is 14.7 Å². The standard InChI is InChI=1S/C12H19BrClF2N3/c1-3-9-12(14)10(19(4-2)17-9)7-18(6-5-13)8-11(15)16/h11H,3-8H2,1-2H3. The Morgan fingerprint density at radius 2 is 2.11 bits per heavy atom. The summed E-state index contributed by atoms with van der Waals surface area (Å²) in [4.78, 5) is 1.69. The first-order valence-corrected chi connectivity index (χ1v) is 7.83. The van der Waals surface area contributed by atoms with E-state index in [1.165, 1.54) is 0 Å². The van der Waals surface area contributed by atoms with Crippen LogP contribution in [-0.2, 0) is 19.5 Å². The van der Waals surface area contributed by atoms with Crippen LogP contribution in [0.1, 0.15) is 25.2 Å². The minimum absolute atomic E-state index is 0.252. The molecular weight excluding hydrogens is 340 g/mol. The third-order valence-electron chi connectivity index (χ3n) is 2.86. The summed E-state index contributed by atoms with van der Waals surface area (Å²) in [7, 11) is 0. The first-order valence-electron chi connectivity index (χ1n) is 6.33. The smallest absolute Gasteiger partial charge is 0.251 e. The molecule has 19 heavy (non-hydrogen) atoms. The van der Waals surface area contributed by atoms with E-state index in [4.69, 9.17) is 11.6 Å². The first-order chi connectivity index (χ1) is 9.03. The number of aromatic nitrogens is 2. The fourth-order valence-electron chi connectivity index (χ4n) is 1.93. The van der Waals surface area contributed by atoms with E-state index in [0.717, 1.165) is 17.8 Å². The molecule has 0 aliphatic rings. The predicted octanol–water partition coefficient (Wildman–Crippen LogP) is 3.58. The lowest BCUT2D eigenvalue weighted by atomic mass is 10.3. The summed E-state index contributed by atoms with van der Waals surface area (Å²) >= 11 is 9.56. The number of halogens is 4. The molecule has 0 spiro atoms. The molecule has 0 bridgehead atoms. The van der Waals surface area contributed by atoms with Crippen LogP contribution in [-0.4, -0.2) is 39.5 Å². The van der Waals surface area contributed by atoms with Crippen LogP contribution in [0.2, 0.25) is 5.02 Å². The van der Waals surface area contributed by atoms with Crippen LogP contribution in [0.15, 0.2) is 0 Å². The Kier molecular flexibility index (Phi) is 7.25. The molecule has 0 aliphatic heterocycles. The van der Waals surface area contributed by atoms with Crippen LogP contribution in [0, 0.1) is 0 Å². The van der Waals surface area contributed by atoms with Crippen molar-refractivity contribution in [3.8, 4) is 0 Å². The lowest BCUT2D eigenvalue weighted by Crippen LogP contribution is -2.31. The van der Waals surface area contributed by atoms with Gasteiger partial charge < -0.3 is 0 Å². The van der Waals surface area contributed by atoms with Gasteiger partial charge in [-0.3, -0.25) is 9.58 Å². The zero-order valence-electron chi connectivity index (χ0n) is 11.2. The number of rotatable bonds is 8. The van der Waals surface area contributed by atoms with E-state index < -0.39 is 6.43 Å². The van der Waals surface area contributed by atoms with Gasteiger partial charge in [-0.05, 0) is 13.3 Å². The van der Waals surface area contributed by atoms with E-state index in [9.17, 15) is 8.78 Å². The quantitative estimate of drug-likeness (QED) is 0.662. The lowest BCUT2D eigenvalue weighted by Gasteiger charge is -2.21. The van der Waals surface area contributed by atoms with E-state index in [0.29, 0.717) is 30.0 Å². The third-order valence-corrected chi connectivity index (χ3v) is 3.66.